The number of nitrogens with one attached hydrogen (secondary N) is 1. The van der Waals surface area contributed by atoms with Crippen molar-refractivity contribution in [3.05, 3.63) is 12.4 Å². The van der Waals surface area contributed by atoms with Gasteiger partial charge in [-0.25, -0.2) is 0 Å². The lowest BCUT2D eigenvalue weighted by molar-refractivity contribution is 0.577. The van der Waals surface area contributed by atoms with Crippen LogP contribution in [0, 0.1) is 0 Å². The van der Waals surface area contributed by atoms with Gasteiger partial charge in [0.2, 0.25) is 0 Å². The van der Waals surface area contributed by atoms with Gasteiger partial charge < -0.3 is 11.1 Å². The van der Waals surface area contributed by atoms with E-state index in [1.165, 1.54) is 19.0 Å². The molecule has 0 aromatic heterocycles. The van der Waals surface area contributed by atoms with Crippen molar-refractivity contribution in [1.82, 2.24) is 5.32 Å². The molecule has 0 amide bonds. The SMILES string of the molecule is CCCC(C)N/C=C\N. The highest BCUT2D eigenvalue weighted by atomic mass is 14.9. The highest BCUT2D eigenvalue weighted by Gasteiger charge is 1.92. The highest BCUT2D eigenvalue weighted by Crippen LogP contribution is 1.93. The molecule has 0 bridgehead atoms. The Morgan fingerprint density at radius 2 is 2.33 bits per heavy atom. The summed E-state index contributed by atoms with van der Waals surface area (Å²) in [5.41, 5.74) is 5.13. The van der Waals surface area contributed by atoms with Crippen LogP contribution in [0.3, 0.4) is 0 Å². The number of hydrogen-bond acceptors (Lipinski definition) is 2. The smallest absolute Gasteiger partial charge is 0.0227 e. The van der Waals surface area contributed by atoms with E-state index in [1.807, 2.05) is 0 Å². The van der Waals surface area contributed by atoms with Crippen LogP contribution in [0.15, 0.2) is 12.4 Å². The van der Waals surface area contributed by atoms with Gasteiger partial charge in [0.15, 0.2) is 0 Å². The van der Waals surface area contributed by atoms with Crippen LogP contribution >= 0.6 is 0 Å². The molecule has 0 aromatic carbocycles. The van der Waals surface area contributed by atoms with Gasteiger partial charge in [0.05, 0.1) is 0 Å². The molecule has 0 fully saturated rings. The first-order valence-electron chi connectivity index (χ1n) is 3.44. The summed E-state index contributed by atoms with van der Waals surface area (Å²) >= 11 is 0. The van der Waals surface area contributed by atoms with Crippen molar-refractivity contribution in [3.8, 4) is 0 Å². The quantitative estimate of drug-likeness (QED) is 0.597. The van der Waals surface area contributed by atoms with E-state index in [0.29, 0.717) is 6.04 Å². The molecule has 0 saturated carbocycles. The number of rotatable bonds is 4. The molecular weight excluding hydrogens is 112 g/mol. The number of nitrogens with two attached hydrogens (primary N) is 1. The molecule has 0 saturated heterocycles. The maximum absolute atomic E-state index is 5.13. The zero-order valence-corrected chi connectivity index (χ0v) is 6.22. The average Bonchev–Trinajstić information content (AvgIpc) is 1.85. The van der Waals surface area contributed by atoms with Crippen LogP contribution < -0.4 is 11.1 Å². The molecule has 0 rings (SSSR count). The largest absolute Gasteiger partial charge is 0.403 e. The summed E-state index contributed by atoms with van der Waals surface area (Å²) in [5, 5.41) is 3.13. The maximum atomic E-state index is 5.13. The molecule has 54 valence electrons. The van der Waals surface area contributed by atoms with E-state index in [4.69, 9.17) is 5.73 Å². The first-order chi connectivity index (χ1) is 4.31. The van der Waals surface area contributed by atoms with E-state index >= 15 is 0 Å². The Hall–Kier alpha value is -0.660. The summed E-state index contributed by atoms with van der Waals surface area (Å²) in [6.07, 6.45) is 5.71. The minimum absolute atomic E-state index is 0.551. The predicted molar refractivity (Wildman–Crippen MR) is 40.8 cm³/mol. The van der Waals surface area contributed by atoms with Crippen molar-refractivity contribution >= 4 is 0 Å². The molecule has 0 radical (unpaired) electrons. The zero-order chi connectivity index (χ0) is 7.11. The molecule has 0 aliphatic carbocycles. The van der Waals surface area contributed by atoms with E-state index in [2.05, 4.69) is 19.2 Å². The lowest BCUT2D eigenvalue weighted by Gasteiger charge is -2.08. The molecule has 0 aliphatic rings. The second-order valence-electron chi connectivity index (χ2n) is 2.22. The van der Waals surface area contributed by atoms with E-state index in [-0.39, 0.29) is 0 Å². The summed E-state index contributed by atoms with van der Waals surface area (Å²) in [6, 6.07) is 0.551. The fraction of sp³-hybridized carbons (Fsp3) is 0.714. The van der Waals surface area contributed by atoms with Gasteiger partial charge in [-0.2, -0.15) is 0 Å². The van der Waals surface area contributed by atoms with E-state index in [9.17, 15) is 0 Å². The zero-order valence-electron chi connectivity index (χ0n) is 6.22. The minimum Gasteiger partial charge on any atom is -0.403 e. The molecule has 3 N–H and O–H groups in total. The Bertz CT molecular complexity index is 79.0. The Balaban J connectivity index is 3.15. The van der Waals surface area contributed by atoms with Gasteiger partial charge in [0.25, 0.3) is 0 Å². The van der Waals surface area contributed by atoms with E-state index in [1.54, 1.807) is 6.20 Å². The van der Waals surface area contributed by atoms with Gasteiger partial charge >= 0.3 is 0 Å². The second-order valence-corrected chi connectivity index (χ2v) is 2.22. The standard InChI is InChI=1S/C7H16N2/c1-3-4-7(2)9-6-5-8/h5-7,9H,3-4,8H2,1-2H3/b6-5-. The third-order valence-electron chi connectivity index (χ3n) is 1.20. The van der Waals surface area contributed by atoms with Gasteiger partial charge in [-0.1, -0.05) is 13.3 Å². The van der Waals surface area contributed by atoms with Crippen LogP contribution in [-0.2, 0) is 0 Å². The third-order valence-corrected chi connectivity index (χ3v) is 1.20. The molecule has 0 aromatic rings. The van der Waals surface area contributed by atoms with Crippen molar-refractivity contribution in [2.45, 2.75) is 32.7 Å². The second kappa shape index (κ2) is 5.48. The average molecular weight is 128 g/mol. The summed E-state index contributed by atoms with van der Waals surface area (Å²) in [6.45, 7) is 4.31. The van der Waals surface area contributed by atoms with Crippen molar-refractivity contribution in [2.75, 3.05) is 0 Å². The topological polar surface area (TPSA) is 38.0 Å². The maximum Gasteiger partial charge on any atom is 0.0227 e. The Kier molecular flexibility index (Phi) is 5.07. The molecule has 9 heavy (non-hydrogen) atoms. The predicted octanol–water partition coefficient (Wildman–Crippen LogP) is 1.19. The van der Waals surface area contributed by atoms with Crippen molar-refractivity contribution in [1.29, 1.82) is 0 Å². The van der Waals surface area contributed by atoms with Crippen molar-refractivity contribution in [2.24, 2.45) is 5.73 Å². The van der Waals surface area contributed by atoms with Crippen LogP contribution in [0.2, 0.25) is 0 Å². The van der Waals surface area contributed by atoms with Crippen LogP contribution in [-0.4, -0.2) is 6.04 Å². The first kappa shape index (κ1) is 8.34. The number of hydrogen-bond donors (Lipinski definition) is 2. The normalized spacial score (nSPS) is 14.0. The fourth-order valence-corrected chi connectivity index (χ4v) is 0.736. The third kappa shape index (κ3) is 5.21. The van der Waals surface area contributed by atoms with Gasteiger partial charge in [0.1, 0.15) is 0 Å². The van der Waals surface area contributed by atoms with Crippen LogP contribution in [0.5, 0.6) is 0 Å². The van der Waals surface area contributed by atoms with Crippen molar-refractivity contribution < 1.29 is 0 Å². The first-order valence-corrected chi connectivity index (χ1v) is 3.44. The molecule has 1 unspecified atom stereocenters. The molecule has 0 aliphatic heterocycles. The monoisotopic (exact) mass is 128 g/mol. The molecule has 2 nitrogen and oxygen atoms in total. The summed E-state index contributed by atoms with van der Waals surface area (Å²) < 4.78 is 0. The molecular formula is C7H16N2. The summed E-state index contributed by atoms with van der Waals surface area (Å²) in [4.78, 5) is 0. The summed E-state index contributed by atoms with van der Waals surface area (Å²) in [7, 11) is 0. The van der Waals surface area contributed by atoms with Crippen LogP contribution in [0.25, 0.3) is 0 Å². The minimum atomic E-state index is 0.551. The Labute approximate surface area is 57.1 Å². The Morgan fingerprint density at radius 3 is 2.78 bits per heavy atom. The molecule has 1 atom stereocenters. The lowest BCUT2D eigenvalue weighted by atomic mass is 10.2. The summed E-state index contributed by atoms with van der Waals surface area (Å²) in [5.74, 6) is 0. The fourth-order valence-electron chi connectivity index (χ4n) is 0.736. The Morgan fingerprint density at radius 1 is 1.67 bits per heavy atom. The van der Waals surface area contributed by atoms with Crippen LogP contribution in [0.1, 0.15) is 26.7 Å². The van der Waals surface area contributed by atoms with Gasteiger partial charge in [-0.15, -0.1) is 0 Å². The molecule has 2 heteroatoms. The van der Waals surface area contributed by atoms with E-state index < -0.39 is 0 Å². The van der Waals surface area contributed by atoms with Crippen molar-refractivity contribution in [3.63, 3.8) is 0 Å². The van der Waals surface area contributed by atoms with Gasteiger partial charge in [-0.3, -0.25) is 0 Å². The van der Waals surface area contributed by atoms with Gasteiger partial charge in [0, 0.05) is 18.4 Å². The lowest BCUT2D eigenvalue weighted by Crippen LogP contribution is -2.19. The van der Waals surface area contributed by atoms with Crippen LogP contribution in [0.4, 0.5) is 0 Å². The van der Waals surface area contributed by atoms with E-state index in [0.717, 1.165) is 0 Å². The molecule has 0 spiro atoms. The molecule has 0 heterocycles. The van der Waals surface area contributed by atoms with Gasteiger partial charge in [-0.05, 0) is 13.3 Å². The highest BCUT2D eigenvalue weighted by molar-refractivity contribution is 4.75.